The molecule has 150 valence electrons. The molecule has 1 N–H and O–H groups in total. The molecule has 1 amide bonds. The zero-order valence-corrected chi connectivity index (χ0v) is 16.7. The molecule has 3 aromatic rings. The molecule has 5 rings (SSSR count). The lowest BCUT2D eigenvalue weighted by molar-refractivity contribution is -0.132. The van der Waals surface area contributed by atoms with Crippen molar-refractivity contribution in [1.82, 2.24) is 20.2 Å². The van der Waals surface area contributed by atoms with Crippen LogP contribution in [0, 0.1) is 11.7 Å². The van der Waals surface area contributed by atoms with E-state index in [4.69, 9.17) is 0 Å². The number of benzene rings is 1. The average molecular weight is 412 g/mol. The number of thiazole rings is 1. The highest BCUT2D eigenvalue weighted by Gasteiger charge is 2.42. The van der Waals surface area contributed by atoms with Gasteiger partial charge in [0, 0.05) is 38.9 Å². The van der Waals surface area contributed by atoms with Crippen LogP contribution in [0.3, 0.4) is 0 Å². The van der Waals surface area contributed by atoms with E-state index in [9.17, 15) is 9.18 Å². The molecule has 4 heterocycles. The van der Waals surface area contributed by atoms with Crippen LogP contribution in [0.4, 0.5) is 10.1 Å². The first-order valence-electron chi connectivity index (χ1n) is 9.87. The van der Waals surface area contributed by atoms with Crippen LogP contribution in [0.2, 0.25) is 0 Å². The average Bonchev–Trinajstić information content (AvgIpc) is 3.33. The number of nitrogens with one attached hydrogen (secondary N) is 1. The monoisotopic (exact) mass is 411 g/mol. The number of fused-ring (bicyclic) bond motifs is 2. The number of amides is 1. The molecule has 0 saturated carbocycles. The molecule has 2 aromatic heterocycles. The highest BCUT2D eigenvalue weighted by Crippen LogP contribution is 2.30. The van der Waals surface area contributed by atoms with Crippen LogP contribution in [0.25, 0.3) is 10.2 Å². The van der Waals surface area contributed by atoms with Gasteiger partial charge < -0.3 is 15.1 Å². The van der Waals surface area contributed by atoms with Crippen molar-refractivity contribution in [3.63, 3.8) is 0 Å². The minimum Gasteiger partial charge on any atom is -0.365 e. The first kappa shape index (κ1) is 18.4. The first-order chi connectivity index (χ1) is 14.2. The molecule has 0 spiro atoms. The Bertz CT molecular complexity index is 1040. The van der Waals surface area contributed by atoms with Gasteiger partial charge in [-0.15, -0.1) is 11.3 Å². The predicted octanol–water partition coefficient (Wildman–Crippen LogP) is 2.66. The largest absolute Gasteiger partial charge is 0.365 e. The molecule has 6 nitrogen and oxygen atoms in total. The minimum absolute atomic E-state index is 0.0251. The number of carbonyl (C=O) groups excluding carboxylic acids is 1. The second-order valence-corrected chi connectivity index (χ2v) is 8.49. The van der Waals surface area contributed by atoms with Gasteiger partial charge in [0.05, 0.1) is 39.6 Å². The summed E-state index contributed by atoms with van der Waals surface area (Å²) in [6.07, 6.45) is 3.67. The zero-order chi connectivity index (χ0) is 19.8. The second-order valence-electron chi connectivity index (χ2n) is 7.64. The lowest BCUT2D eigenvalue weighted by Crippen LogP contribution is -2.51. The van der Waals surface area contributed by atoms with Crippen molar-refractivity contribution in [3.05, 3.63) is 53.6 Å². The number of nitrogens with zero attached hydrogens (tertiary/aromatic N) is 4. The Morgan fingerprint density at radius 1 is 1.28 bits per heavy atom. The molecule has 0 bridgehead atoms. The molecule has 0 radical (unpaired) electrons. The molecule has 0 aliphatic carbocycles. The van der Waals surface area contributed by atoms with Crippen LogP contribution >= 0.6 is 11.3 Å². The maximum absolute atomic E-state index is 14.1. The molecule has 2 unspecified atom stereocenters. The molecule has 2 fully saturated rings. The van der Waals surface area contributed by atoms with Crippen LogP contribution in [-0.2, 0) is 11.3 Å². The number of aromatic nitrogens is 2. The third kappa shape index (κ3) is 3.47. The standard InChI is InChI=1S/C21H22FN5OS/c22-17-11-23-5-4-19(17)26-6-7-27-16(12-26)8-15(21(27)28)10-24-9-14-2-1-3-18-20(14)29-13-25-18/h1-5,11,13,15-16,24H,6-10,12H2. The smallest absolute Gasteiger partial charge is 0.227 e. The summed E-state index contributed by atoms with van der Waals surface area (Å²) in [6.45, 7) is 3.34. The van der Waals surface area contributed by atoms with E-state index in [0.717, 1.165) is 18.5 Å². The molecule has 2 aliphatic rings. The number of hydrogen-bond donors (Lipinski definition) is 1. The van der Waals surface area contributed by atoms with E-state index in [-0.39, 0.29) is 23.7 Å². The Balaban J connectivity index is 1.21. The fraction of sp³-hybridized carbons (Fsp3) is 0.381. The summed E-state index contributed by atoms with van der Waals surface area (Å²) in [5, 5.41) is 3.47. The second kappa shape index (κ2) is 7.68. The molecule has 29 heavy (non-hydrogen) atoms. The summed E-state index contributed by atoms with van der Waals surface area (Å²) in [4.78, 5) is 25.0. The van der Waals surface area contributed by atoms with E-state index in [2.05, 4.69) is 21.4 Å². The van der Waals surface area contributed by atoms with Crippen LogP contribution in [-0.4, -0.2) is 53.0 Å². The minimum atomic E-state index is -0.305. The lowest BCUT2D eigenvalue weighted by atomic mass is 10.0. The van der Waals surface area contributed by atoms with Gasteiger partial charge in [-0.05, 0) is 24.1 Å². The van der Waals surface area contributed by atoms with E-state index in [1.54, 1.807) is 23.6 Å². The lowest BCUT2D eigenvalue weighted by Gasteiger charge is -2.38. The van der Waals surface area contributed by atoms with Gasteiger partial charge in [0.2, 0.25) is 5.91 Å². The summed E-state index contributed by atoms with van der Waals surface area (Å²) in [5.41, 5.74) is 4.68. The normalized spacial score (nSPS) is 21.8. The predicted molar refractivity (Wildman–Crippen MR) is 111 cm³/mol. The number of piperazine rings is 1. The molecular weight excluding hydrogens is 389 g/mol. The van der Waals surface area contributed by atoms with Crippen LogP contribution in [0.1, 0.15) is 12.0 Å². The molecule has 2 aliphatic heterocycles. The van der Waals surface area contributed by atoms with Crippen molar-refractivity contribution < 1.29 is 9.18 Å². The SMILES string of the molecule is O=C1C(CNCc2cccc3ncsc23)CC2CN(c3ccncc3F)CCN12. The Kier molecular flexibility index (Phi) is 4.89. The van der Waals surface area contributed by atoms with Gasteiger partial charge in [0.15, 0.2) is 5.82 Å². The maximum atomic E-state index is 14.1. The van der Waals surface area contributed by atoms with Crippen LogP contribution < -0.4 is 10.2 Å². The van der Waals surface area contributed by atoms with E-state index in [1.165, 1.54) is 16.5 Å². The van der Waals surface area contributed by atoms with E-state index in [0.29, 0.717) is 31.9 Å². The molecule has 1 aromatic carbocycles. The molecule has 8 heteroatoms. The maximum Gasteiger partial charge on any atom is 0.227 e. The zero-order valence-electron chi connectivity index (χ0n) is 15.9. The van der Waals surface area contributed by atoms with Gasteiger partial charge in [-0.1, -0.05) is 12.1 Å². The number of hydrogen-bond acceptors (Lipinski definition) is 6. The van der Waals surface area contributed by atoms with Crippen molar-refractivity contribution >= 4 is 33.1 Å². The van der Waals surface area contributed by atoms with Crippen molar-refractivity contribution in [2.24, 2.45) is 5.92 Å². The van der Waals surface area contributed by atoms with E-state index >= 15 is 0 Å². The molecular formula is C21H22FN5OS. The Morgan fingerprint density at radius 3 is 3.10 bits per heavy atom. The third-order valence-electron chi connectivity index (χ3n) is 5.91. The van der Waals surface area contributed by atoms with E-state index in [1.807, 2.05) is 27.4 Å². The summed E-state index contributed by atoms with van der Waals surface area (Å²) in [6, 6.07) is 7.99. The summed E-state index contributed by atoms with van der Waals surface area (Å²) < 4.78 is 15.3. The Hall–Kier alpha value is -2.58. The summed E-state index contributed by atoms with van der Waals surface area (Å²) in [7, 11) is 0. The van der Waals surface area contributed by atoms with Crippen molar-refractivity contribution in [1.29, 1.82) is 0 Å². The van der Waals surface area contributed by atoms with Crippen LogP contribution in [0.15, 0.2) is 42.2 Å². The third-order valence-corrected chi connectivity index (χ3v) is 6.83. The summed E-state index contributed by atoms with van der Waals surface area (Å²) >= 11 is 1.65. The number of pyridine rings is 1. The number of rotatable bonds is 5. The number of carbonyl (C=O) groups is 1. The quantitative estimate of drug-likeness (QED) is 0.700. The van der Waals surface area contributed by atoms with Gasteiger partial charge in [-0.2, -0.15) is 0 Å². The van der Waals surface area contributed by atoms with Crippen molar-refractivity contribution in [2.45, 2.75) is 19.0 Å². The van der Waals surface area contributed by atoms with Gasteiger partial charge in [-0.3, -0.25) is 9.78 Å². The highest BCUT2D eigenvalue weighted by molar-refractivity contribution is 7.16. The topological polar surface area (TPSA) is 61.4 Å². The van der Waals surface area contributed by atoms with Gasteiger partial charge in [0.1, 0.15) is 0 Å². The first-order valence-corrected chi connectivity index (χ1v) is 10.8. The highest BCUT2D eigenvalue weighted by atomic mass is 32.1. The van der Waals surface area contributed by atoms with E-state index < -0.39 is 0 Å². The number of halogens is 1. The van der Waals surface area contributed by atoms with Gasteiger partial charge in [-0.25, -0.2) is 9.37 Å². The molecule has 2 atom stereocenters. The van der Waals surface area contributed by atoms with Gasteiger partial charge >= 0.3 is 0 Å². The molecule has 2 saturated heterocycles. The Morgan fingerprint density at radius 2 is 2.21 bits per heavy atom. The van der Waals surface area contributed by atoms with Crippen LogP contribution in [0.5, 0.6) is 0 Å². The fourth-order valence-corrected chi connectivity index (χ4v) is 5.29. The van der Waals surface area contributed by atoms with Crippen molar-refractivity contribution in [3.8, 4) is 0 Å². The Labute approximate surface area is 172 Å². The fourth-order valence-electron chi connectivity index (χ4n) is 4.49. The summed E-state index contributed by atoms with van der Waals surface area (Å²) in [5.74, 6) is -0.114. The van der Waals surface area contributed by atoms with Gasteiger partial charge in [0.25, 0.3) is 0 Å². The van der Waals surface area contributed by atoms with Crippen molar-refractivity contribution in [2.75, 3.05) is 31.1 Å². The number of anilines is 1.